The first kappa shape index (κ1) is 8.78. The fourth-order valence-corrected chi connectivity index (χ4v) is 1.27. The summed E-state index contributed by atoms with van der Waals surface area (Å²) in [7, 11) is 0. The number of amides is 1. The third-order valence-corrected chi connectivity index (χ3v) is 2.01. The Hall–Kier alpha value is -1.31. The van der Waals surface area contributed by atoms with Gasteiger partial charge in [0.1, 0.15) is 0 Å². The van der Waals surface area contributed by atoms with Crippen LogP contribution in [0.4, 0.5) is 0 Å². The van der Waals surface area contributed by atoms with Crippen LogP contribution in [0.3, 0.4) is 0 Å². The van der Waals surface area contributed by atoms with Gasteiger partial charge in [-0.3, -0.25) is 4.79 Å². The summed E-state index contributed by atoms with van der Waals surface area (Å²) in [6.07, 6.45) is 0.728. The molecule has 1 aromatic carbocycles. The molecule has 1 aromatic rings. The molecule has 0 unspecified atom stereocenters. The van der Waals surface area contributed by atoms with E-state index in [0.29, 0.717) is 6.54 Å². The molecule has 0 fully saturated rings. The predicted molar refractivity (Wildman–Crippen MR) is 48.8 cm³/mol. The summed E-state index contributed by atoms with van der Waals surface area (Å²) in [5.74, 6) is 0. The Morgan fingerprint density at radius 3 is 2.42 bits per heavy atom. The highest BCUT2D eigenvalue weighted by atomic mass is 16.1. The third kappa shape index (κ3) is 1.84. The summed E-state index contributed by atoms with van der Waals surface area (Å²) in [6.45, 7) is 4.73. The van der Waals surface area contributed by atoms with Gasteiger partial charge in [0.05, 0.1) is 0 Å². The Morgan fingerprint density at radius 1 is 1.33 bits per heavy atom. The smallest absolute Gasteiger partial charge is 0.207 e. The van der Waals surface area contributed by atoms with Crippen molar-refractivity contribution in [2.75, 3.05) is 0 Å². The minimum Gasteiger partial charge on any atom is -0.355 e. The molecule has 0 saturated carbocycles. The van der Waals surface area contributed by atoms with Gasteiger partial charge in [-0.15, -0.1) is 0 Å². The Labute approximate surface area is 72.6 Å². The van der Waals surface area contributed by atoms with Gasteiger partial charge in [-0.2, -0.15) is 0 Å². The maximum atomic E-state index is 10.1. The van der Waals surface area contributed by atoms with E-state index in [0.717, 1.165) is 6.41 Å². The Balaban J connectivity index is 2.88. The summed E-state index contributed by atoms with van der Waals surface area (Å²) in [5.41, 5.74) is 3.67. The second-order valence-electron chi connectivity index (χ2n) is 2.87. The van der Waals surface area contributed by atoms with E-state index in [2.05, 4.69) is 31.3 Å². The second kappa shape index (κ2) is 3.90. The van der Waals surface area contributed by atoms with Crippen molar-refractivity contribution in [1.82, 2.24) is 5.32 Å². The quantitative estimate of drug-likeness (QED) is 0.673. The van der Waals surface area contributed by atoms with Gasteiger partial charge < -0.3 is 5.32 Å². The van der Waals surface area contributed by atoms with Crippen LogP contribution in [0.25, 0.3) is 0 Å². The number of benzene rings is 1. The van der Waals surface area contributed by atoms with Crippen LogP contribution in [0, 0.1) is 13.8 Å². The molecule has 0 aromatic heterocycles. The minimum atomic E-state index is 0.627. The molecule has 0 aliphatic carbocycles. The number of nitrogens with one attached hydrogen (secondary N) is 1. The second-order valence-corrected chi connectivity index (χ2v) is 2.87. The maximum absolute atomic E-state index is 10.1. The van der Waals surface area contributed by atoms with Crippen LogP contribution in [0.5, 0.6) is 0 Å². The van der Waals surface area contributed by atoms with Gasteiger partial charge in [-0.25, -0.2) is 0 Å². The van der Waals surface area contributed by atoms with Crippen molar-refractivity contribution in [3.8, 4) is 0 Å². The number of carbonyl (C=O) groups is 1. The molecule has 0 heterocycles. The van der Waals surface area contributed by atoms with E-state index < -0.39 is 0 Å². The Morgan fingerprint density at radius 2 is 1.92 bits per heavy atom. The molecule has 2 nitrogen and oxygen atoms in total. The van der Waals surface area contributed by atoms with Gasteiger partial charge in [-0.05, 0) is 30.5 Å². The van der Waals surface area contributed by atoms with Gasteiger partial charge in [0.2, 0.25) is 6.41 Å². The molecule has 1 rings (SSSR count). The van der Waals surface area contributed by atoms with E-state index >= 15 is 0 Å². The number of rotatable bonds is 3. The zero-order valence-electron chi connectivity index (χ0n) is 7.42. The van der Waals surface area contributed by atoms with Gasteiger partial charge in [0, 0.05) is 6.54 Å². The maximum Gasteiger partial charge on any atom is 0.207 e. The van der Waals surface area contributed by atoms with Crippen molar-refractivity contribution in [3.63, 3.8) is 0 Å². The van der Waals surface area contributed by atoms with Crippen molar-refractivity contribution in [2.45, 2.75) is 20.4 Å². The molecule has 0 spiro atoms. The van der Waals surface area contributed by atoms with Crippen molar-refractivity contribution >= 4 is 6.41 Å². The highest BCUT2D eigenvalue weighted by Gasteiger charge is 1.99. The lowest BCUT2D eigenvalue weighted by Crippen LogP contribution is -2.11. The third-order valence-electron chi connectivity index (χ3n) is 2.01. The first-order valence-electron chi connectivity index (χ1n) is 3.98. The van der Waals surface area contributed by atoms with E-state index in [9.17, 15) is 4.79 Å². The van der Waals surface area contributed by atoms with Crippen molar-refractivity contribution in [1.29, 1.82) is 0 Å². The summed E-state index contributed by atoms with van der Waals surface area (Å²) >= 11 is 0. The molecule has 1 N–H and O–H groups in total. The Bertz CT molecular complexity index is 261. The molecular formula is C10H13NO. The predicted octanol–water partition coefficient (Wildman–Crippen LogP) is 1.55. The molecular weight excluding hydrogens is 150 g/mol. The van der Waals surface area contributed by atoms with E-state index in [1.165, 1.54) is 16.7 Å². The Kier molecular flexibility index (Phi) is 2.86. The van der Waals surface area contributed by atoms with Crippen molar-refractivity contribution < 1.29 is 4.79 Å². The number of hydrogen-bond acceptors (Lipinski definition) is 1. The molecule has 0 aliphatic rings. The molecule has 64 valence electrons. The zero-order valence-corrected chi connectivity index (χ0v) is 7.42. The monoisotopic (exact) mass is 163 g/mol. The number of carbonyl (C=O) groups excluding carboxylic acids is 1. The normalized spacial score (nSPS) is 9.50. The molecule has 0 bridgehead atoms. The summed E-state index contributed by atoms with van der Waals surface area (Å²) in [6, 6.07) is 6.12. The van der Waals surface area contributed by atoms with Crippen LogP contribution >= 0.6 is 0 Å². The highest BCUT2D eigenvalue weighted by molar-refractivity contribution is 5.47. The van der Waals surface area contributed by atoms with Crippen LogP contribution < -0.4 is 5.32 Å². The molecule has 0 saturated heterocycles. The van der Waals surface area contributed by atoms with E-state index in [4.69, 9.17) is 0 Å². The molecule has 12 heavy (non-hydrogen) atoms. The van der Waals surface area contributed by atoms with Gasteiger partial charge >= 0.3 is 0 Å². The SMILES string of the molecule is Cc1cccc(C)c1CNC=O. The minimum absolute atomic E-state index is 0.627. The lowest BCUT2D eigenvalue weighted by Gasteiger charge is -2.07. The average Bonchev–Trinajstić information content (AvgIpc) is 2.04. The van der Waals surface area contributed by atoms with Gasteiger partial charge in [-0.1, -0.05) is 18.2 Å². The first-order valence-corrected chi connectivity index (χ1v) is 3.98. The summed E-state index contributed by atoms with van der Waals surface area (Å²) in [5, 5.41) is 2.67. The summed E-state index contributed by atoms with van der Waals surface area (Å²) < 4.78 is 0. The first-order chi connectivity index (χ1) is 5.75. The molecule has 0 radical (unpaired) electrons. The molecule has 0 atom stereocenters. The lowest BCUT2D eigenvalue weighted by molar-refractivity contribution is -0.109. The van der Waals surface area contributed by atoms with Crippen LogP contribution in [-0.4, -0.2) is 6.41 Å². The van der Waals surface area contributed by atoms with Crippen LogP contribution in [0.15, 0.2) is 18.2 Å². The van der Waals surface area contributed by atoms with E-state index in [1.54, 1.807) is 0 Å². The van der Waals surface area contributed by atoms with E-state index in [-0.39, 0.29) is 0 Å². The molecule has 1 amide bonds. The number of aryl methyl sites for hydroxylation is 2. The van der Waals surface area contributed by atoms with Gasteiger partial charge in [0.15, 0.2) is 0 Å². The molecule has 0 aliphatic heterocycles. The average molecular weight is 163 g/mol. The zero-order chi connectivity index (χ0) is 8.97. The largest absolute Gasteiger partial charge is 0.355 e. The highest BCUT2D eigenvalue weighted by Crippen LogP contribution is 2.12. The van der Waals surface area contributed by atoms with Crippen molar-refractivity contribution in [2.24, 2.45) is 0 Å². The number of hydrogen-bond donors (Lipinski definition) is 1. The van der Waals surface area contributed by atoms with Gasteiger partial charge in [0.25, 0.3) is 0 Å². The summed E-state index contributed by atoms with van der Waals surface area (Å²) in [4.78, 5) is 10.1. The fourth-order valence-electron chi connectivity index (χ4n) is 1.27. The van der Waals surface area contributed by atoms with Crippen LogP contribution in [0.2, 0.25) is 0 Å². The van der Waals surface area contributed by atoms with Crippen molar-refractivity contribution in [3.05, 3.63) is 34.9 Å². The lowest BCUT2D eigenvalue weighted by atomic mass is 10.0. The van der Waals surface area contributed by atoms with E-state index in [1.807, 2.05) is 6.07 Å². The van der Waals surface area contributed by atoms with Crippen LogP contribution in [0.1, 0.15) is 16.7 Å². The van der Waals surface area contributed by atoms with Crippen LogP contribution in [-0.2, 0) is 11.3 Å². The topological polar surface area (TPSA) is 29.1 Å². The fraction of sp³-hybridized carbons (Fsp3) is 0.300. The molecule has 2 heteroatoms. The standard InChI is InChI=1S/C10H13NO/c1-8-4-3-5-9(2)10(8)6-11-7-12/h3-5,7H,6H2,1-2H3,(H,11,12).